The lowest BCUT2D eigenvalue weighted by Gasteiger charge is -2.22. The van der Waals surface area contributed by atoms with Gasteiger partial charge in [0.05, 0.1) is 14.2 Å². The lowest BCUT2D eigenvalue weighted by Crippen LogP contribution is -2.35. The number of carbonyl (C=O) groups is 2. The molecule has 0 spiro atoms. The van der Waals surface area contributed by atoms with E-state index in [9.17, 15) is 9.59 Å². The zero-order valence-corrected chi connectivity index (χ0v) is 8.97. The normalized spacial score (nSPS) is 17.4. The molecule has 5 heteroatoms. The van der Waals surface area contributed by atoms with Crippen LogP contribution in [-0.2, 0) is 14.3 Å². The average molecular weight is 221 g/mol. The largest absolute Gasteiger partial charge is 0.459 e. The summed E-state index contributed by atoms with van der Waals surface area (Å²) in [5.41, 5.74) is 0. The Labute approximate surface area is 93.3 Å². The molecule has 16 heavy (non-hydrogen) atoms. The van der Waals surface area contributed by atoms with Crippen molar-refractivity contribution in [2.24, 2.45) is 0 Å². The molecule has 0 aromatic carbocycles. The van der Waals surface area contributed by atoms with E-state index in [1.165, 1.54) is 25.3 Å². The first-order valence-corrected chi connectivity index (χ1v) is 4.50. The number of hydrogen-bond donors (Lipinski definition) is 0. The van der Waals surface area contributed by atoms with Crippen molar-refractivity contribution in [1.29, 1.82) is 0 Å². The minimum atomic E-state index is -0.646. The van der Waals surface area contributed by atoms with Gasteiger partial charge in [0.1, 0.15) is 6.04 Å². The SMILES string of the molecule is COC(=O)C#C[C@H]1C=CC=CN1C(=O)OC. The number of methoxy groups -OCH3 is 2. The van der Waals surface area contributed by atoms with Gasteiger partial charge in [-0.15, -0.1) is 0 Å². The molecule has 0 radical (unpaired) electrons. The predicted molar refractivity (Wildman–Crippen MR) is 56.1 cm³/mol. The Bertz CT molecular complexity index is 400. The van der Waals surface area contributed by atoms with Crippen molar-refractivity contribution in [2.75, 3.05) is 14.2 Å². The smallest absolute Gasteiger partial charge is 0.414 e. The van der Waals surface area contributed by atoms with Gasteiger partial charge in [0.15, 0.2) is 0 Å². The van der Waals surface area contributed by atoms with Crippen LogP contribution in [0.1, 0.15) is 0 Å². The first kappa shape index (κ1) is 11.9. The van der Waals surface area contributed by atoms with Crippen LogP contribution in [0.15, 0.2) is 24.4 Å². The molecule has 5 nitrogen and oxygen atoms in total. The number of ether oxygens (including phenoxy) is 2. The fraction of sp³-hybridized carbons (Fsp3) is 0.273. The van der Waals surface area contributed by atoms with Crippen LogP contribution >= 0.6 is 0 Å². The van der Waals surface area contributed by atoms with Crippen LogP contribution in [0, 0.1) is 11.8 Å². The van der Waals surface area contributed by atoms with Crippen molar-refractivity contribution in [1.82, 2.24) is 4.90 Å². The zero-order valence-electron chi connectivity index (χ0n) is 8.97. The Balaban J connectivity index is 2.80. The Kier molecular flexibility index (Phi) is 4.16. The molecule has 0 bridgehead atoms. The van der Waals surface area contributed by atoms with Crippen LogP contribution in [0.4, 0.5) is 4.79 Å². The minimum absolute atomic E-state index is 0.517. The predicted octanol–water partition coefficient (Wildman–Crippen LogP) is 0.683. The molecule has 1 atom stereocenters. The van der Waals surface area contributed by atoms with Crippen molar-refractivity contribution in [3.05, 3.63) is 24.4 Å². The molecule has 0 unspecified atom stereocenters. The van der Waals surface area contributed by atoms with E-state index in [1.54, 1.807) is 18.2 Å². The van der Waals surface area contributed by atoms with Crippen LogP contribution in [0.3, 0.4) is 0 Å². The summed E-state index contributed by atoms with van der Waals surface area (Å²) < 4.78 is 8.94. The fourth-order valence-electron chi connectivity index (χ4n) is 1.08. The summed E-state index contributed by atoms with van der Waals surface area (Å²) in [5, 5.41) is 0. The Morgan fingerprint density at radius 2 is 2.00 bits per heavy atom. The van der Waals surface area contributed by atoms with Crippen LogP contribution < -0.4 is 0 Å². The van der Waals surface area contributed by atoms with Gasteiger partial charge in [-0.25, -0.2) is 9.59 Å². The van der Waals surface area contributed by atoms with Crippen LogP contribution in [-0.4, -0.2) is 37.2 Å². The molecule has 1 aliphatic rings. The summed E-state index contributed by atoms with van der Waals surface area (Å²) in [5.74, 6) is 4.22. The number of esters is 1. The average Bonchev–Trinajstić information content (AvgIpc) is 2.35. The number of carbonyl (C=O) groups excluding carboxylic acids is 2. The number of hydrogen-bond acceptors (Lipinski definition) is 4. The molecular weight excluding hydrogens is 210 g/mol. The molecule has 0 saturated heterocycles. The molecular formula is C11H11NO4. The summed E-state index contributed by atoms with van der Waals surface area (Å²) in [6, 6.07) is -0.517. The van der Waals surface area contributed by atoms with Crippen molar-refractivity contribution < 1.29 is 19.1 Å². The molecule has 0 N–H and O–H groups in total. The minimum Gasteiger partial charge on any atom is -0.459 e. The van der Waals surface area contributed by atoms with E-state index < -0.39 is 18.1 Å². The highest BCUT2D eigenvalue weighted by Gasteiger charge is 2.19. The number of amides is 1. The Hall–Kier alpha value is -2.22. The van der Waals surface area contributed by atoms with E-state index in [2.05, 4.69) is 21.3 Å². The van der Waals surface area contributed by atoms with E-state index in [0.717, 1.165) is 0 Å². The molecule has 1 aliphatic heterocycles. The molecule has 1 rings (SSSR count). The Morgan fingerprint density at radius 3 is 2.62 bits per heavy atom. The monoisotopic (exact) mass is 221 g/mol. The molecule has 84 valence electrons. The van der Waals surface area contributed by atoms with E-state index in [4.69, 9.17) is 0 Å². The molecule has 0 fully saturated rings. The van der Waals surface area contributed by atoms with Gasteiger partial charge in [-0.1, -0.05) is 12.0 Å². The van der Waals surface area contributed by atoms with E-state index in [0.29, 0.717) is 0 Å². The molecule has 1 heterocycles. The van der Waals surface area contributed by atoms with E-state index >= 15 is 0 Å². The van der Waals surface area contributed by atoms with Gasteiger partial charge in [-0.2, -0.15) is 0 Å². The van der Waals surface area contributed by atoms with Gasteiger partial charge in [0.2, 0.25) is 0 Å². The maximum atomic E-state index is 11.3. The lowest BCUT2D eigenvalue weighted by molar-refractivity contribution is -0.133. The topological polar surface area (TPSA) is 55.8 Å². The Morgan fingerprint density at radius 1 is 1.25 bits per heavy atom. The van der Waals surface area contributed by atoms with E-state index in [1.807, 2.05) is 0 Å². The highest BCUT2D eigenvalue weighted by atomic mass is 16.5. The van der Waals surface area contributed by atoms with Crippen molar-refractivity contribution in [3.63, 3.8) is 0 Å². The highest BCUT2D eigenvalue weighted by Crippen LogP contribution is 2.09. The van der Waals surface area contributed by atoms with Crippen molar-refractivity contribution >= 4 is 12.1 Å². The molecule has 0 aromatic rings. The molecule has 0 saturated carbocycles. The fourth-order valence-corrected chi connectivity index (χ4v) is 1.08. The van der Waals surface area contributed by atoms with Crippen LogP contribution in [0.5, 0.6) is 0 Å². The van der Waals surface area contributed by atoms with Gasteiger partial charge < -0.3 is 9.47 Å². The summed E-state index contributed by atoms with van der Waals surface area (Å²) in [6.07, 6.45) is 6.07. The maximum absolute atomic E-state index is 11.3. The van der Waals surface area contributed by atoms with Gasteiger partial charge >= 0.3 is 12.1 Å². The highest BCUT2D eigenvalue weighted by molar-refractivity contribution is 5.88. The summed E-state index contributed by atoms with van der Waals surface area (Å²) in [6.45, 7) is 0. The first-order chi connectivity index (χ1) is 7.69. The summed E-state index contributed by atoms with van der Waals surface area (Å²) in [4.78, 5) is 23.4. The van der Waals surface area contributed by atoms with Crippen LogP contribution in [0.25, 0.3) is 0 Å². The standard InChI is InChI=1S/C11H11NO4/c1-15-10(13)7-6-9-5-3-4-8-12(9)11(14)16-2/h3-5,8-9H,1-2H3/t9-/m1/s1. The maximum Gasteiger partial charge on any atom is 0.414 e. The third-order valence-electron chi connectivity index (χ3n) is 1.84. The van der Waals surface area contributed by atoms with Crippen LogP contribution in [0.2, 0.25) is 0 Å². The van der Waals surface area contributed by atoms with Crippen molar-refractivity contribution in [2.45, 2.75) is 6.04 Å². The van der Waals surface area contributed by atoms with Gasteiger partial charge in [-0.3, -0.25) is 4.90 Å². The third-order valence-corrected chi connectivity index (χ3v) is 1.84. The second kappa shape index (κ2) is 5.61. The quantitative estimate of drug-likeness (QED) is 0.343. The third kappa shape index (κ3) is 2.89. The summed E-state index contributed by atoms with van der Waals surface area (Å²) in [7, 11) is 2.52. The molecule has 1 amide bonds. The summed E-state index contributed by atoms with van der Waals surface area (Å²) >= 11 is 0. The van der Waals surface area contributed by atoms with E-state index in [-0.39, 0.29) is 0 Å². The van der Waals surface area contributed by atoms with Gasteiger partial charge in [0, 0.05) is 12.1 Å². The zero-order chi connectivity index (χ0) is 12.0. The second-order valence-corrected chi connectivity index (χ2v) is 2.81. The van der Waals surface area contributed by atoms with Crippen molar-refractivity contribution in [3.8, 4) is 11.8 Å². The second-order valence-electron chi connectivity index (χ2n) is 2.81. The number of nitrogens with zero attached hydrogens (tertiary/aromatic N) is 1. The lowest BCUT2D eigenvalue weighted by atomic mass is 10.2. The number of rotatable bonds is 0. The number of allylic oxidation sites excluding steroid dienone is 2. The molecule has 0 aliphatic carbocycles. The first-order valence-electron chi connectivity index (χ1n) is 4.50. The van der Waals surface area contributed by atoms with Gasteiger partial charge in [-0.05, 0) is 12.2 Å². The van der Waals surface area contributed by atoms with Gasteiger partial charge in [0.25, 0.3) is 0 Å². The molecule has 0 aromatic heterocycles.